The average Bonchev–Trinajstić information content (AvgIpc) is 2.04. The van der Waals surface area contributed by atoms with Crippen LogP contribution in [0.5, 0.6) is 0 Å². The molecule has 0 spiro atoms. The molecule has 92 valence electrons. The summed E-state index contributed by atoms with van der Waals surface area (Å²) in [4.78, 5) is 9.75. The van der Waals surface area contributed by atoms with Crippen LogP contribution in [0, 0.1) is 0 Å². The van der Waals surface area contributed by atoms with Crippen molar-refractivity contribution in [3.63, 3.8) is 0 Å². The molecule has 0 aliphatic rings. The number of esters is 1. The number of hydrogen-bond donors (Lipinski definition) is 0. The van der Waals surface area contributed by atoms with Crippen molar-refractivity contribution in [1.29, 1.82) is 0 Å². The quantitative estimate of drug-likeness (QED) is 0.387. The van der Waals surface area contributed by atoms with E-state index in [1.54, 1.807) is 0 Å². The van der Waals surface area contributed by atoms with Crippen LogP contribution in [0.4, 0.5) is 0 Å². The molecule has 0 aliphatic carbocycles. The van der Waals surface area contributed by atoms with Gasteiger partial charge < -0.3 is 4.74 Å². The molecule has 0 N–H and O–H groups in total. The molecule has 0 saturated carbocycles. The van der Waals surface area contributed by atoms with Crippen LogP contribution < -0.4 is 0 Å². The van der Waals surface area contributed by atoms with E-state index in [9.17, 15) is 4.79 Å². The van der Waals surface area contributed by atoms with E-state index >= 15 is 0 Å². The van der Waals surface area contributed by atoms with Gasteiger partial charge in [0.15, 0.2) is 0 Å². The van der Waals surface area contributed by atoms with Crippen LogP contribution >= 0.6 is 34.8 Å². The van der Waals surface area contributed by atoms with E-state index in [1.807, 2.05) is 0 Å². The van der Waals surface area contributed by atoms with Gasteiger partial charge >= 0.3 is 5.97 Å². The monoisotopic (exact) mass is 284 g/mol. The molecule has 0 bridgehead atoms. The van der Waals surface area contributed by atoms with E-state index in [2.05, 4.69) is 43.4 Å². The molecule has 0 aromatic heterocycles. The fourth-order valence-corrected chi connectivity index (χ4v) is 0.117. The van der Waals surface area contributed by atoms with Crippen LogP contribution in [0.1, 0.15) is 6.92 Å². The summed E-state index contributed by atoms with van der Waals surface area (Å²) in [5, 5.41) is 0. The van der Waals surface area contributed by atoms with Crippen LogP contribution in [0.3, 0.4) is 0 Å². The largest absolute Gasteiger partial charge is 0.435 e. The first-order valence-corrected chi connectivity index (χ1v) is 4.81. The molecule has 0 heterocycles. The Morgan fingerprint density at radius 3 is 1.50 bits per heavy atom. The van der Waals surface area contributed by atoms with Crippen LogP contribution in [-0.2, 0) is 9.53 Å². The molecule has 5 heteroatoms. The second-order valence-corrected chi connectivity index (χ2v) is 2.93. The normalized spacial score (nSPS) is 5.50. The first kappa shape index (κ1) is 24.4. The highest BCUT2D eigenvalue weighted by molar-refractivity contribution is 6.55. The highest BCUT2D eigenvalue weighted by Gasteiger charge is 1.79. The van der Waals surface area contributed by atoms with Crippen molar-refractivity contribution >= 4 is 40.8 Å². The van der Waals surface area contributed by atoms with Gasteiger partial charge in [0.2, 0.25) is 0 Å². The van der Waals surface area contributed by atoms with Crippen LogP contribution in [0.25, 0.3) is 0 Å². The van der Waals surface area contributed by atoms with Crippen molar-refractivity contribution < 1.29 is 9.53 Å². The van der Waals surface area contributed by atoms with Gasteiger partial charge in [-0.3, -0.25) is 4.79 Å². The average molecular weight is 286 g/mol. The third-order valence-corrected chi connectivity index (χ3v) is 0.249. The Hall–Kier alpha value is -0.920. The Balaban J connectivity index is -0.0000000635. The van der Waals surface area contributed by atoms with Crippen LogP contribution in [-0.4, -0.2) is 5.97 Å². The first-order valence-electron chi connectivity index (χ1n) is 3.62. The topological polar surface area (TPSA) is 26.3 Å². The second kappa shape index (κ2) is 29.2. The van der Waals surface area contributed by atoms with Gasteiger partial charge in [0.05, 0.1) is 10.8 Å². The van der Waals surface area contributed by atoms with Crippen molar-refractivity contribution in [1.82, 2.24) is 0 Å². The van der Waals surface area contributed by atoms with Gasteiger partial charge in [-0.15, -0.1) is 5.73 Å². The lowest BCUT2D eigenvalue weighted by molar-refractivity contribution is -0.135. The number of rotatable bonds is 1. The Morgan fingerprint density at radius 1 is 1.31 bits per heavy atom. The van der Waals surface area contributed by atoms with Crippen LogP contribution in [0.15, 0.2) is 54.9 Å². The first-order chi connectivity index (χ1) is 7.33. The minimum absolute atomic E-state index is 0.111. The summed E-state index contributed by atoms with van der Waals surface area (Å²) in [6.45, 7) is 16.9. The predicted molar refractivity (Wildman–Crippen MR) is 73.6 cm³/mol. The summed E-state index contributed by atoms with van der Waals surface area (Å²) < 4.78 is 4.28. The van der Waals surface area contributed by atoms with Gasteiger partial charge in [0.25, 0.3) is 0 Å². The molecule has 0 rings (SSSR count). The third-order valence-electron chi connectivity index (χ3n) is 0.249. The van der Waals surface area contributed by atoms with E-state index < -0.39 is 0 Å². The lowest BCUT2D eigenvalue weighted by atomic mass is 10.8. The summed E-state index contributed by atoms with van der Waals surface area (Å²) in [7, 11) is 0. The molecule has 0 atom stereocenters. The summed E-state index contributed by atoms with van der Waals surface area (Å²) in [6.07, 6.45) is 1.10. The molecule has 2 nitrogen and oxygen atoms in total. The predicted octanol–water partition coefficient (Wildman–Crippen LogP) is 4.95. The number of halogens is 3. The smallest absolute Gasteiger partial charge is 0.307 e. The van der Waals surface area contributed by atoms with Crippen LogP contribution in [0.2, 0.25) is 0 Å². The number of carbonyl (C=O) groups is 1. The SMILES string of the molecule is C=C(Cl)Cl.C=C=C.C=CCl.C=COC(C)=O. The highest BCUT2D eigenvalue weighted by atomic mass is 35.5. The van der Waals surface area contributed by atoms with Gasteiger partial charge in [0, 0.05) is 6.92 Å². The third kappa shape index (κ3) is 441. The summed E-state index contributed by atoms with van der Waals surface area (Å²) >= 11 is 14.5. The summed E-state index contributed by atoms with van der Waals surface area (Å²) in [5.74, 6) is -0.329. The van der Waals surface area contributed by atoms with Gasteiger partial charge in [-0.05, 0) is 5.54 Å². The zero-order chi connectivity index (χ0) is 14.0. The molecular formula is C11H15Cl3O2. The van der Waals surface area contributed by atoms with Gasteiger partial charge in [-0.2, -0.15) is 0 Å². The molecule has 0 aliphatic heterocycles. The van der Waals surface area contributed by atoms with Crippen molar-refractivity contribution in [3.05, 3.63) is 54.9 Å². The molecular weight excluding hydrogens is 270 g/mol. The highest BCUT2D eigenvalue weighted by Crippen LogP contribution is 1.98. The van der Waals surface area contributed by atoms with E-state index in [1.165, 1.54) is 12.5 Å². The fourth-order valence-electron chi connectivity index (χ4n) is 0.117. The molecule has 0 aromatic carbocycles. The van der Waals surface area contributed by atoms with Gasteiger partial charge in [-0.1, -0.05) is 67.7 Å². The zero-order valence-corrected chi connectivity index (χ0v) is 11.4. The van der Waals surface area contributed by atoms with Crippen molar-refractivity contribution in [3.8, 4) is 0 Å². The lowest BCUT2D eigenvalue weighted by Crippen LogP contribution is -1.87. The number of ether oxygens (including phenoxy) is 1. The van der Waals surface area contributed by atoms with E-state index in [4.69, 9.17) is 34.8 Å². The minimum atomic E-state index is -0.329. The van der Waals surface area contributed by atoms with E-state index in [0.717, 1.165) is 6.26 Å². The van der Waals surface area contributed by atoms with Gasteiger partial charge in [0.1, 0.15) is 0 Å². The molecule has 16 heavy (non-hydrogen) atoms. The van der Waals surface area contributed by atoms with Crippen molar-refractivity contribution in [2.45, 2.75) is 6.92 Å². The molecule has 0 aromatic rings. The second-order valence-electron chi connectivity index (χ2n) is 1.52. The summed E-state index contributed by atoms with van der Waals surface area (Å²) in [5.41, 5.74) is 3.47. The van der Waals surface area contributed by atoms with Crippen molar-refractivity contribution in [2.24, 2.45) is 0 Å². The Morgan fingerprint density at radius 2 is 1.50 bits per heavy atom. The lowest BCUT2D eigenvalue weighted by Gasteiger charge is -1.83. The Kier molecular flexibility index (Phi) is 44.5. The molecule has 0 radical (unpaired) electrons. The number of carbonyl (C=O) groups excluding carboxylic acids is 1. The molecule has 0 amide bonds. The fraction of sp³-hybridized carbons (Fsp3) is 0.0909. The maximum Gasteiger partial charge on any atom is 0.307 e. The summed E-state index contributed by atoms with van der Waals surface area (Å²) in [6, 6.07) is 0. The van der Waals surface area contributed by atoms with Gasteiger partial charge in [-0.25, -0.2) is 0 Å². The molecule has 0 saturated heterocycles. The zero-order valence-electron chi connectivity index (χ0n) is 9.14. The number of hydrogen-bond acceptors (Lipinski definition) is 2. The standard InChI is InChI=1S/C4H6O2.C3H4.C2H2Cl2.C2H3Cl/c1-3-6-4(2)5;1-3-2;1-2(3)4;1-2-3/h3H,1H2,2H3;1-2H2;1H2;2H,1H2. The Bertz CT molecular complexity index is 225. The van der Waals surface area contributed by atoms with Crippen molar-refractivity contribution in [2.75, 3.05) is 0 Å². The Labute approximate surface area is 112 Å². The maximum atomic E-state index is 9.75. The van der Waals surface area contributed by atoms with E-state index in [-0.39, 0.29) is 10.5 Å². The van der Waals surface area contributed by atoms with E-state index in [0.29, 0.717) is 0 Å². The molecule has 0 unspecified atom stereocenters. The minimum Gasteiger partial charge on any atom is -0.435 e. The molecule has 0 fully saturated rings. The maximum absolute atomic E-state index is 9.75.